The number of hydrogen-bond donors (Lipinski definition) is 0. The Morgan fingerprint density at radius 3 is 2.88 bits per heavy atom. The van der Waals surface area contributed by atoms with Crippen LogP contribution in [-0.4, -0.2) is 25.0 Å². The molecule has 0 amide bonds. The predicted molar refractivity (Wildman–Crippen MR) is 31.3 cm³/mol. The molecule has 0 aromatic carbocycles. The molecule has 0 aromatic rings. The Morgan fingerprint density at radius 1 is 1.75 bits per heavy atom. The normalized spacial score (nSPS) is 23.0. The van der Waals surface area contributed by atoms with Crippen molar-refractivity contribution in [2.75, 3.05) is 20.1 Å². The van der Waals surface area contributed by atoms with Crippen LogP contribution in [0.2, 0.25) is 0 Å². The van der Waals surface area contributed by atoms with E-state index in [9.17, 15) is 4.39 Å². The van der Waals surface area contributed by atoms with E-state index in [1.807, 2.05) is 7.05 Å². The van der Waals surface area contributed by atoms with Crippen molar-refractivity contribution in [1.82, 2.24) is 4.90 Å². The lowest BCUT2D eigenvalue weighted by molar-refractivity contribution is 0.336. The Balaban J connectivity index is 2.42. The quantitative estimate of drug-likeness (QED) is 0.458. The van der Waals surface area contributed by atoms with Gasteiger partial charge in [-0.25, -0.2) is 4.39 Å². The van der Waals surface area contributed by atoms with Gasteiger partial charge in [-0.1, -0.05) is 0 Å². The lowest BCUT2D eigenvalue weighted by Gasteiger charge is -2.17. The fourth-order valence-electron chi connectivity index (χ4n) is 0.746. The lowest BCUT2D eigenvalue weighted by atomic mass is 10.2. The number of nitrogens with zero attached hydrogens (tertiary/aromatic N) is 1. The summed E-state index contributed by atoms with van der Waals surface area (Å²) >= 11 is 0. The van der Waals surface area contributed by atoms with Crippen molar-refractivity contribution in [3.8, 4) is 0 Å². The van der Waals surface area contributed by atoms with Crippen LogP contribution in [0.3, 0.4) is 0 Å². The molecule has 0 N–H and O–H groups in total. The Kier molecular flexibility index (Phi) is 1.63. The van der Waals surface area contributed by atoms with Crippen LogP contribution in [0.25, 0.3) is 0 Å². The molecule has 0 unspecified atom stereocenters. The van der Waals surface area contributed by atoms with Crippen LogP contribution >= 0.6 is 0 Å². The highest BCUT2D eigenvalue weighted by Gasteiger charge is 2.04. The van der Waals surface area contributed by atoms with Gasteiger partial charge in [-0.15, -0.1) is 0 Å². The molecule has 8 heavy (non-hydrogen) atoms. The van der Waals surface area contributed by atoms with Gasteiger partial charge in [0, 0.05) is 19.5 Å². The first-order valence-corrected chi connectivity index (χ1v) is 2.82. The third kappa shape index (κ3) is 1.30. The van der Waals surface area contributed by atoms with Gasteiger partial charge in [-0.2, -0.15) is 0 Å². The standard InChI is InChI=1S/C6H10FN/c1-8-4-2-6(7)3-5-8/h2H,3-5H2,1H3. The van der Waals surface area contributed by atoms with Crippen molar-refractivity contribution in [2.24, 2.45) is 0 Å². The van der Waals surface area contributed by atoms with Gasteiger partial charge >= 0.3 is 0 Å². The average Bonchev–Trinajstić information content (AvgIpc) is 1.77. The Morgan fingerprint density at radius 2 is 2.50 bits per heavy atom. The molecule has 0 atom stereocenters. The van der Waals surface area contributed by atoms with Gasteiger partial charge in [0.25, 0.3) is 0 Å². The first kappa shape index (κ1) is 5.76. The zero-order valence-corrected chi connectivity index (χ0v) is 5.02. The van der Waals surface area contributed by atoms with E-state index in [0.717, 1.165) is 13.1 Å². The highest BCUT2D eigenvalue weighted by atomic mass is 19.1. The van der Waals surface area contributed by atoms with Gasteiger partial charge < -0.3 is 4.90 Å². The van der Waals surface area contributed by atoms with Gasteiger partial charge in [0.05, 0.1) is 5.83 Å². The van der Waals surface area contributed by atoms with E-state index in [2.05, 4.69) is 4.90 Å². The lowest BCUT2D eigenvalue weighted by Crippen LogP contribution is -2.23. The van der Waals surface area contributed by atoms with Crippen molar-refractivity contribution in [3.63, 3.8) is 0 Å². The van der Waals surface area contributed by atoms with Crippen molar-refractivity contribution in [1.29, 1.82) is 0 Å². The van der Waals surface area contributed by atoms with Crippen LogP contribution in [0.1, 0.15) is 6.42 Å². The van der Waals surface area contributed by atoms with E-state index in [0.29, 0.717) is 6.42 Å². The first-order valence-electron chi connectivity index (χ1n) is 2.82. The van der Waals surface area contributed by atoms with Crippen LogP contribution in [-0.2, 0) is 0 Å². The Hall–Kier alpha value is -0.370. The fourth-order valence-corrected chi connectivity index (χ4v) is 0.746. The largest absolute Gasteiger partial charge is 0.302 e. The minimum absolute atomic E-state index is 0.0445. The maximum atomic E-state index is 12.2. The number of halogens is 1. The topological polar surface area (TPSA) is 3.24 Å². The summed E-state index contributed by atoms with van der Waals surface area (Å²) in [6.45, 7) is 1.63. The van der Waals surface area contributed by atoms with Crippen LogP contribution < -0.4 is 0 Å². The SMILES string of the molecule is CN1CC=C(F)CC1. The Labute approximate surface area is 48.8 Å². The van der Waals surface area contributed by atoms with Crippen LogP contribution in [0.4, 0.5) is 4.39 Å². The second kappa shape index (κ2) is 2.27. The molecule has 1 aliphatic rings. The second-order valence-electron chi connectivity index (χ2n) is 2.16. The molecule has 0 spiro atoms. The van der Waals surface area contributed by atoms with E-state index in [-0.39, 0.29) is 5.83 Å². The zero-order valence-electron chi connectivity index (χ0n) is 5.02. The molecule has 0 bridgehead atoms. The summed E-state index contributed by atoms with van der Waals surface area (Å²) in [7, 11) is 1.99. The number of likely N-dealkylation sites (N-methyl/N-ethyl adjacent to an activating group) is 1. The van der Waals surface area contributed by atoms with Gasteiger partial charge in [-0.05, 0) is 13.1 Å². The summed E-state index contributed by atoms with van der Waals surface area (Å²) in [6, 6.07) is 0. The summed E-state index contributed by atoms with van der Waals surface area (Å²) in [5.74, 6) is 0.0445. The molecular weight excluding hydrogens is 105 g/mol. The van der Waals surface area contributed by atoms with Crippen molar-refractivity contribution < 1.29 is 4.39 Å². The summed E-state index contributed by atoms with van der Waals surface area (Å²) in [5, 5.41) is 0. The van der Waals surface area contributed by atoms with Crippen molar-refractivity contribution >= 4 is 0 Å². The van der Waals surface area contributed by atoms with Gasteiger partial charge in [-0.3, -0.25) is 0 Å². The summed E-state index contributed by atoms with van der Waals surface area (Å²) in [6.07, 6.45) is 2.22. The Bertz CT molecular complexity index is 109. The average molecular weight is 115 g/mol. The molecule has 1 nitrogen and oxygen atoms in total. The van der Waals surface area contributed by atoms with E-state index in [1.165, 1.54) is 0 Å². The molecule has 1 heterocycles. The second-order valence-corrected chi connectivity index (χ2v) is 2.16. The predicted octanol–water partition coefficient (Wildman–Crippen LogP) is 1.18. The number of rotatable bonds is 0. The highest BCUT2D eigenvalue weighted by Crippen LogP contribution is 2.08. The van der Waals surface area contributed by atoms with E-state index in [1.54, 1.807) is 6.08 Å². The van der Waals surface area contributed by atoms with Crippen molar-refractivity contribution in [2.45, 2.75) is 6.42 Å². The van der Waals surface area contributed by atoms with Crippen LogP contribution in [0, 0.1) is 0 Å². The summed E-state index contributed by atoms with van der Waals surface area (Å²) in [4.78, 5) is 2.09. The summed E-state index contributed by atoms with van der Waals surface area (Å²) < 4.78 is 12.2. The third-order valence-electron chi connectivity index (χ3n) is 1.36. The fraction of sp³-hybridized carbons (Fsp3) is 0.667. The number of hydrogen-bond acceptors (Lipinski definition) is 1. The maximum Gasteiger partial charge on any atom is 0.0985 e. The minimum atomic E-state index is 0.0445. The molecule has 1 aliphatic heterocycles. The molecule has 2 heteroatoms. The molecule has 0 aromatic heterocycles. The van der Waals surface area contributed by atoms with Gasteiger partial charge in [0.15, 0.2) is 0 Å². The van der Waals surface area contributed by atoms with E-state index in [4.69, 9.17) is 0 Å². The van der Waals surface area contributed by atoms with Gasteiger partial charge in [0.2, 0.25) is 0 Å². The van der Waals surface area contributed by atoms with Crippen molar-refractivity contribution in [3.05, 3.63) is 11.9 Å². The molecule has 0 saturated heterocycles. The first-order chi connectivity index (χ1) is 3.79. The third-order valence-corrected chi connectivity index (χ3v) is 1.36. The monoisotopic (exact) mass is 115 g/mol. The van der Waals surface area contributed by atoms with Crippen LogP contribution in [0.15, 0.2) is 11.9 Å². The maximum absolute atomic E-state index is 12.2. The molecule has 0 saturated carbocycles. The molecule has 0 radical (unpaired) electrons. The molecule has 1 rings (SSSR count). The molecule has 0 fully saturated rings. The zero-order chi connectivity index (χ0) is 5.98. The summed E-state index contributed by atoms with van der Waals surface area (Å²) in [5.41, 5.74) is 0. The molecular formula is C6H10FN. The van der Waals surface area contributed by atoms with Crippen LogP contribution in [0.5, 0.6) is 0 Å². The minimum Gasteiger partial charge on any atom is -0.302 e. The molecule has 0 aliphatic carbocycles. The molecule has 46 valence electrons. The smallest absolute Gasteiger partial charge is 0.0985 e. The van der Waals surface area contributed by atoms with E-state index >= 15 is 0 Å². The van der Waals surface area contributed by atoms with E-state index < -0.39 is 0 Å². The highest BCUT2D eigenvalue weighted by molar-refractivity contribution is 4.97. The van der Waals surface area contributed by atoms with Gasteiger partial charge in [0.1, 0.15) is 0 Å².